The van der Waals surface area contributed by atoms with E-state index in [2.05, 4.69) is 5.32 Å². The monoisotopic (exact) mass is 367 g/mol. The van der Waals surface area contributed by atoms with Crippen LogP contribution >= 0.6 is 11.3 Å². The number of hydrogen-bond acceptors (Lipinski definition) is 4. The van der Waals surface area contributed by atoms with Gasteiger partial charge in [-0.1, -0.05) is 12.1 Å². The van der Waals surface area contributed by atoms with E-state index in [1.165, 1.54) is 11.3 Å². The van der Waals surface area contributed by atoms with Crippen LogP contribution < -0.4 is 14.8 Å². The minimum atomic E-state index is -0.0978. The summed E-state index contributed by atoms with van der Waals surface area (Å²) in [6.07, 6.45) is 0. The smallest absolute Gasteiger partial charge is 0.265 e. The lowest BCUT2D eigenvalue weighted by molar-refractivity contribution is 0.103. The molecule has 0 aliphatic carbocycles. The average molecular weight is 367 g/mol. The molecule has 0 fully saturated rings. The Labute approximate surface area is 157 Å². The fraction of sp³-hybridized carbons (Fsp3) is 0.190. The zero-order chi connectivity index (χ0) is 18.5. The molecular weight excluding hydrogens is 346 g/mol. The maximum atomic E-state index is 12.5. The Morgan fingerprint density at radius 3 is 2.50 bits per heavy atom. The molecule has 0 aliphatic heterocycles. The lowest BCUT2D eigenvalue weighted by Crippen LogP contribution is -2.11. The van der Waals surface area contributed by atoms with Gasteiger partial charge in [-0.05, 0) is 66.8 Å². The van der Waals surface area contributed by atoms with E-state index in [4.69, 9.17) is 9.47 Å². The molecule has 0 unspecified atom stereocenters. The number of benzene rings is 2. The van der Waals surface area contributed by atoms with E-state index >= 15 is 0 Å². The fourth-order valence-corrected chi connectivity index (χ4v) is 3.26. The lowest BCUT2D eigenvalue weighted by Gasteiger charge is -2.08. The number of rotatable bonds is 6. The van der Waals surface area contributed by atoms with Crippen LogP contribution in [0, 0.1) is 13.8 Å². The highest BCUT2D eigenvalue weighted by molar-refractivity contribution is 7.12. The van der Waals surface area contributed by atoms with Crippen molar-refractivity contribution in [2.75, 3.05) is 12.4 Å². The van der Waals surface area contributed by atoms with E-state index in [-0.39, 0.29) is 5.91 Å². The first kappa shape index (κ1) is 18.0. The van der Waals surface area contributed by atoms with Crippen LogP contribution in [0.15, 0.2) is 53.9 Å². The lowest BCUT2D eigenvalue weighted by atomic mass is 10.1. The van der Waals surface area contributed by atoms with E-state index in [9.17, 15) is 4.79 Å². The van der Waals surface area contributed by atoms with Crippen molar-refractivity contribution in [2.24, 2.45) is 0 Å². The molecule has 0 atom stereocenters. The Morgan fingerprint density at radius 1 is 1.04 bits per heavy atom. The molecule has 1 N–H and O–H groups in total. The molecule has 0 spiro atoms. The summed E-state index contributed by atoms with van der Waals surface area (Å²) >= 11 is 1.42. The van der Waals surface area contributed by atoms with Crippen LogP contribution in [0.5, 0.6) is 11.5 Å². The number of ether oxygens (including phenoxy) is 2. The number of hydrogen-bond donors (Lipinski definition) is 1. The maximum absolute atomic E-state index is 12.5. The largest absolute Gasteiger partial charge is 0.497 e. The SMILES string of the molecule is COc1ccc(OCc2csc(C(=O)Nc3cc(C)ccc3C)c2)cc1. The third-order valence-electron chi connectivity index (χ3n) is 3.98. The molecule has 26 heavy (non-hydrogen) atoms. The minimum absolute atomic E-state index is 0.0978. The summed E-state index contributed by atoms with van der Waals surface area (Å²) in [4.78, 5) is 13.1. The molecule has 1 amide bonds. The fourth-order valence-electron chi connectivity index (χ4n) is 2.46. The number of methoxy groups -OCH3 is 1. The number of thiophene rings is 1. The summed E-state index contributed by atoms with van der Waals surface area (Å²) < 4.78 is 10.9. The third-order valence-corrected chi connectivity index (χ3v) is 4.96. The van der Waals surface area contributed by atoms with Crippen molar-refractivity contribution in [3.05, 3.63) is 75.5 Å². The Balaban J connectivity index is 1.61. The van der Waals surface area contributed by atoms with Crippen LogP contribution in [0.3, 0.4) is 0 Å². The van der Waals surface area contributed by atoms with Crippen LogP contribution in [0.25, 0.3) is 0 Å². The van der Waals surface area contributed by atoms with Crippen LogP contribution in [0.4, 0.5) is 5.69 Å². The number of aryl methyl sites for hydroxylation is 2. The molecule has 4 nitrogen and oxygen atoms in total. The molecular formula is C21H21NO3S. The number of carbonyl (C=O) groups excluding carboxylic acids is 1. The molecule has 0 aliphatic rings. The van der Waals surface area contributed by atoms with Gasteiger partial charge < -0.3 is 14.8 Å². The first-order valence-corrected chi connectivity index (χ1v) is 9.16. The van der Waals surface area contributed by atoms with Crippen molar-refractivity contribution in [1.29, 1.82) is 0 Å². The Bertz CT molecular complexity index is 900. The van der Waals surface area contributed by atoms with Gasteiger partial charge in [0.15, 0.2) is 0 Å². The molecule has 2 aromatic carbocycles. The van der Waals surface area contributed by atoms with Crippen molar-refractivity contribution in [3.8, 4) is 11.5 Å². The second-order valence-corrected chi connectivity index (χ2v) is 6.97. The van der Waals surface area contributed by atoms with E-state index < -0.39 is 0 Å². The summed E-state index contributed by atoms with van der Waals surface area (Å²) in [5.74, 6) is 1.45. The normalized spacial score (nSPS) is 10.4. The zero-order valence-electron chi connectivity index (χ0n) is 15.0. The molecule has 1 heterocycles. The molecule has 3 aromatic rings. The van der Waals surface area contributed by atoms with Crippen molar-refractivity contribution < 1.29 is 14.3 Å². The van der Waals surface area contributed by atoms with Crippen LogP contribution in [0.1, 0.15) is 26.4 Å². The van der Waals surface area contributed by atoms with Gasteiger partial charge in [0.2, 0.25) is 0 Å². The van der Waals surface area contributed by atoms with Crippen LogP contribution in [-0.4, -0.2) is 13.0 Å². The predicted octanol–water partition coefficient (Wildman–Crippen LogP) is 5.20. The molecule has 0 bridgehead atoms. The molecule has 3 rings (SSSR count). The highest BCUT2D eigenvalue weighted by Gasteiger charge is 2.11. The van der Waals surface area contributed by atoms with Crippen molar-refractivity contribution in [3.63, 3.8) is 0 Å². The molecule has 134 valence electrons. The summed E-state index contributed by atoms with van der Waals surface area (Å²) in [6, 6.07) is 15.3. The number of amides is 1. The molecule has 5 heteroatoms. The topological polar surface area (TPSA) is 47.6 Å². The van der Waals surface area contributed by atoms with Gasteiger partial charge in [0, 0.05) is 11.3 Å². The number of carbonyl (C=O) groups is 1. The van der Waals surface area contributed by atoms with Gasteiger partial charge >= 0.3 is 0 Å². The van der Waals surface area contributed by atoms with E-state index in [0.717, 1.165) is 33.9 Å². The molecule has 1 aromatic heterocycles. The van der Waals surface area contributed by atoms with E-state index in [1.54, 1.807) is 7.11 Å². The summed E-state index contributed by atoms with van der Waals surface area (Å²) in [5.41, 5.74) is 3.98. The van der Waals surface area contributed by atoms with Crippen molar-refractivity contribution in [2.45, 2.75) is 20.5 Å². The first-order valence-electron chi connectivity index (χ1n) is 8.28. The summed E-state index contributed by atoms with van der Waals surface area (Å²) in [7, 11) is 1.63. The van der Waals surface area contributed by atoms with Gasteiger partial charge in [0.1, 0.15) is 18.1 Å². The molecule has 0 radical (unpaired) electrons. The van der Waals surface area contributed by atoms with E-state index in [1.807, 2.05) is 67.8 Å². The van der Waals surface area contributed by atoms with Gasteiger partial charge in [0.25, 0.3) is 5.91 Å². The number of nitrogens with one attached hydrogen (secondary N) is 1. The van der Waals surface area contributed by atoms with Crippen LogP contribution in [-0.2, 0) is 6.61 Å². The van der Waals surface area contributed by atoms with Gasteiger partial charge in [-0.3, -0.25) is 4.79 Å². The second-order valence-electron chi connectivity index (χ2n) is 6.06. The van der Waals surface area contributed by atoms with E-state index in [0.29, 0.717) is 11.5 Å². The standard InChI is InChI=1S/C21H21NO3S/c1-14-4-5-15(2)19(10-14)22-21(23)20-11-16(13-26-20)12-25-18-8-6-17(24-3)7-9-18/h4-11,13H,12H2,1-3H3,(H,22,23). The number of anilines is 1. The van der Waals surface area contributed by atoms with Crippen molar-refractivity contribution >= 4 is 22.9 Å². The van der Waals surface area contributed by atoms with Gasteiger partial charge in [-0.25, -0.2) is 0 Å². The highest BCUT2D eigenvalue weighted by atomic mass is 32.1. The summed E-state index contributed by atoms with van der Waals surface area (Å²) in [6.45, 7) is 4.41. The molecule has 0 saturated heterocycles. The second kappa shape index (κ2) is 8.06. The Kier molecular flexibility index (Phi) is 5.58. The van der Waals surface area contributed by atoms with Gasteiger partial charge in [-0.2, -0.15) is 0 Å². The maximum Gasteiger partial charge on any atom is 0.265 e. The Morgan fingerprint density at radius 2 is 1.77 bits per heavy atom. The zero-order valence-corrected chi connectivity index (χ0v) is 15.9. The van der Waals surface area contributed by atoms with Gasteiger partial charge in [-0.15, -0.1) is 11.3 Å². The van der Waals surface area contributed by atoms with Crippen molar-refractivity contribution in [1.82, 2.24) is 0 Å². The predicted molar refractivity (Wildman–Crippen MR) is 106 cm³/mol. The Hall–Kier alpha value is -2.79. The molecule has 0 saturated carbocycles. The third kappa shape index (κ3) is 4.43. The summed E-state index contributed by atoms with van der Waals surface area (Å²) in [5, 5.41) is 4.93. The quantitative estimate of drug-likeness (QED) is 0.651. The average Bonchev–Trinajstić information content (AvgIpc) is 3.12. The minimum Gasteiger partial charge on any atom is -0.497 e. The van der Waals surface area contributed by atoms with Gasteiger partial charge in [0.05, 0.1) is 12.0 Å². The highest BCUT2D eigenvalue weighted by Crippen LogP contribution is 2.22. The first-order chi connectivity index (χ1) is 12.5. The van der Waals surface area contributed by atoms with Crippen LogP contribution in [0.2, 0.25) is 0 Å².